The van der Waals surface area contributed by atoms with E-state index in [0.29, 0.717) is 44.5 Å². The predicted molar refractivity (Wildman–Crippen MR) is 259 cm³/mol. The minimum absolute atomic E-state index is 0.0116. The topological polar surface area (TPSA) is 312 Å². The van der Waals surface area contributed by atoms with Crippen LogP contribution in [0.25, 0.3) is 42.8 Å². The highest BCUT2D eigenvalue weighted by Crippen LogP contribution is 2.47. The van der Waals surface area contributed by atoms with Gasteiger partial charge in [0.25, 0.3) is 13.7 Å². The lowest BCUT2D eigenvalue weighted by molar-refractivity contribution is -0.222. The first-order valence-electron chi connectivity index (χ1n) is 22.1. The second kappa shape index (κ2) is 22.1. The van der Waals surface area contributed by atoms with Crippen molar-refractivity contribution in [3.63, 3.8) is 0 Å². The number of carbonyl (C=O) groups excluding carboxylic acids is 2. The number of rotatable bonds is 21. The molecule has 2 aliphatic heterocycles. The third-order valence-electron chi connectivity index (χ3n) is 11.5. The largest absolute Gasteiger partial charge is 0.756 e. The van der Waals surface area contributed by atoms with Gasteiger partial charge in [0.1, 0.15) is 38.7 Å². The number of hydrogen-bond acceptors (Lipinski definition) is 16. The third kappa shape index (κ3) is 12.7. The first kappa shape index (κ1) is 51.4. The first-order valence-corrected chi connectivity index (χ1v) is 25.9. The number of hydrogen-bond donors (Lipinski definition) is 8. The van der Waals surface area contributed by atoms with E-state index in [1.165, 1.54) is 4.57 Å². The van der Waals surface area contributed by atoms with Crippen molar-refractivity contribution in [1.29, 1.82) is 0 Å². The number of nitrogens with one attached hydrogen (secondary N) is 3. The van der Waals surface area contributed by atoms with Gasteiger partial charge < -0.3 is 60.5 Å². The van der Waals surface area contributed by atoms with Crippen molar-refractivity contribution < 1.29 is 57.2 Å². The summed E-state index contributed by atoms with van der Waals surface area (Å²) in [6, 6.07) is 20.4. The van der Waals surface area contributed by atoms with Crippen molar-refractivity contribution in [1.82, 2.24) is 34.7 Å². The van der Waals surface area contributed by atoms with Crippen LogP contribution < -0.4 is 41.4 Å². The molecule has 0 bridgehead atoms. The van der Waals surface area contributed by atoms with Gasteiger partial charge >= 0.3 is 7.82 Å². The van der Waals surface area contributed by atoms with Gasteiger partial charge in [-0.25, -0.2) is 24.1 Å². The number of benzene rings is 3. The number of nitrogen functional groups attached to an aromatic ring is 1. The van der Waals surface area contributed by atoms with Gasteiger partial charge in [-0.1, -0.05) is 37.1 Å². The maximum absolute atomic E-state index is 13.8. The summed E-state index contributed by atoms with van der Waals surface area (Å²) in [5, 5.41) is 22.4. The van der Waals surface area contributed by atoms with Crippen LogP contribution in [0.4, 0.5) is 17.5 Å². The van der Waals surface area contributed by atoms with E-state index in [-0.39, 0.29) is 41.2 Å². The molecule has 0 saturated carbocycles. The number of amides is 2. The maximum Gasteiger partial charge on any atom is 0.470 e. The van der Waals surface area contributed by atoms with Crippen LogP contribution in [0.15, 0.2) is 67.0 Å². The SMILES string of the molecule is CN(C)c1ccc2c(-c3ccccc3C(=O)NCCCC(=O)NCCCCCCNc3nc4c(N)ncnc4n3[C@@H]3O[C@H](COP(=O)([O-])O)[C@@H](OP(=O)(O)O)[C@H]3O)c3ccc(=[N+](C)C)cc-3sc2c1. The second-order valence-electron chi connectivity index (χ2n) is 16.8. The molecule has 9 N–H and O–H groups in total. The number of unbranched alkanes of at least 4 members (excludes halogenated alkanes) is 3. The van der Waals surface area contributed by atoms with Gasteiger partial charge in [-0.05, 0) is 54.7 Å². The summed E-state index contributed by atoms with van der Waals surface area (Å²) in [5.41, 5.74) is 10.7. The Kier molecular flexibility index (Phi) is 16.5. The van der Waals surface area contributed by atoms with E-state index in [9.17, 15) is 38.5 Å². The van der Waals surface area contributed by atoms with Crippen LogP contribution in [0.3, 0.4) is 0 Å². The smallest absolute Gasteiger partial charge is 0.470 e. The quantitative estimate of drug-likeness (QED) is 0.0222. The Morgan fingerprint density at radius 2 is 1.70 bits per heavy atom. The maximum atomic E-state index is 13.8. The summed E-state index contributed by atoms with van der Waals surface area (Å²) < 4.78 is 42.4. The monoisotopic (exact) mass is 1010 g/mol. The number of phosphoric acid groups is 2. The van der Waals surface area contributed by atoms with E-state index in [1.807, 2.05) is 52.5 Å². The standard InChI is InChI=1S/C44H56N10O12P2S/c1-52(2)26-15-17-30-33(22-26)69-34-23-27(53(3)4)16-18-31(34)36(30)28-12-7-8-13-29(28)42(57)47-21-11-14-35(55)46-19-9-5-6-10-20-48-44-51-37-40(45)49-25-50-41(37)54(44)43-38(56)39(66-68(61,62)63)32(65-43)24-64-67(58,59)60/h7-8,12-13,15-18,22-23,25,32,38-39,43,45,47,56H,5-6,9-11,14,19-21,24H2,1-4H3,(H6,46,55,57,58,59,60,61,62,63)/t32-,38-,39-,43-/m1/s1. The summed E-state index contributed by atoms with van der Waals surface area (Å²) >= 11 is 1.72. The molecule has 69 heavy (non-hydrogen) atoms. The fourth-order valence-corrected chi connectivity index (χ4v) is 10.2. The predicted octanol–water partition coefficient (Wildman–Crippen LogP) is 3.01. The van der Waals surface area contributed by atoms with Crippen LogP contribution in [0.1, 0.15) is 55.1 Å². The number of phosphoric ester groups is 2. The Bertz CT molecular complexity index is 2960. The van der Waals surface area contributed by atoms with Crippen molar-refractivity contribution in [3.05, 3.63) is 77.9 Å². The molecule has 0 spiro atoms. The molecule has 1 aliphatic carbocycles. The zero-order valence-corrected chi connectivity index (χ0v) is 41.0. The zero-order chi connectivity index (χ0) is 49.6. The highest BCUT2D eigenvalue weighted by atomic mass is 32.1. The molecule has 1 fully saturated rings. The average molecular weight is 1010 g/mol. The third-order valence-corrected chi connectivity index (χ3v) is 13.6. The molecule has 25 heteroatoms. The van der Waals surface area contributed by atoms with Crippen molar-refractivity contribution >= 4 is 77.5 Å². The van der Waals surface area contributed by atoms with Crippen molar-refractivity contribution in [3.8, 4) is 21.6 Å². The number of nitrogens with two attached hydrogens (primary N) is 1. The number of nitrogens with zero attached hydrogens (tertiary/aromatic N) is 6. The van der Waals surface area contributed by atoms with E-state index in [1.54, 1.807) is 11.3 Å². The number of aromatic nitrogens is 4. The van der Waals surface area contributed by atoms with Gasteiger partial charge in [-0.2, -0.15) is 0 Å². The molecule has 2 aromatic carbocycles. The Morgan fingerprint density at radius 3 is 2.42 bits per heavy atom. The Morgan fingerprint density at radius 1 is 0.957 bits per heavy atom. The lowest BCUT2D eigenvalue weighted by Crippen LogP contribution is -2.36. The molecular weight excluding hydrogens is 955 g/mol. The Balaban J connectivity index is 0.885. The van der Waals surface area contributed by atoms with Crippen molar-refractivity contribution in [2.24, 2.45) is 0 Å². The second-order valence-corrected chi connectivity index (χ2v) is 20.3. The summed E-state index contributed by atoms with van der Waals surface area (Å²) in [5.74, 6) is -0.258. The lowest BCUT2D eigenvalue weighted by atomic mass is 9.91. The highest BCUT2D eigenvalue weighted by Gasteiger charge is 2.50. The van der Waals surface area contributed by atoms with Crippen molar-refractivity contribution in [2.45, 2.75) is 63.1 Å². The number of ether oxygens (including phenoxy) is 1. The molecule has 4 heterocycles. The van der Waals surface area contributed by atoms with E-state index in [4.69, 9.17) is 19.9 Å². The number of imidazole rings is 1. The summed E-state index contributed by atoms with van der Waals surface area (Å²) in [4.78, 5) is 81.6. The summed E-state index contributed by atoms with van der Waals surface area (Å²) in [6.45, 7) is 0.187. The minimum Gasteiger partial charge on any atom is -0.756 e. The summed E-state index contributed by atoms with van der Waals surface area (Å²) in [7, 11) is -2.47. The number of anilines is 3. The molecular formula is C44H56N10O12P2S. The molecule has 7 rings (SSSR count). The molecule has 5 atom stereocenters. The minimum atomic E-state index is -5.29. The molecule has 1 saturated heterocycles. The molecule has 2 amide bonds. The van der Waals surface area contributed by atoms with Gasteiger partial charge in [-0.15, -0.1) is 11.3 Å². The van der Waals surface area contributed by atoms with E-state index in [0.717, 1.165) is 61.9 Å². The van der Waals surface area contributed by atoms with E-state index in [2.05, 4.69) is 81.3 Å². The van der Waals surface area contributed by atoms with Crippen LogP contribution >= 0.6 is 27.0 Å². The van der Waals surface area contributed by atoms with Crippen LogP contribution in [-0.4, -0.2) is 124 Å². The number of fused-ring (bicyclic) bond motifs is 3. The van der Waals surface area contributed by atoms with Gasteiger partial charge in [0, 0.05) is 84.1 Å². The molecule has 22 nitrogen and oxygen atoms in total. The van der Waals surface area contributed by atoms with Gasteiger partial charge in [0.2, 0.25) is 17.2 Å². The van der Waals surface area contributed by atoms with Crippen LogP contribution in [0, 0.1) is 0 Å². The Labute approximate surface area is 401 Å². The van der Waals surface area contributed by atoms with Crippen LogP contribution in [-0.2, 0) is 27.7 Å². The molecule has 0 radical (unpaired) electrons. The fourth-order valence-electron chi connectivity index (χ4n) is 8.09. The van der Waals surface area contributed by atoms with E-state index >= 15 is 0 Å². The van der Waals surface area contributed by atoms with Gasteiger partial charge in [0.05, 0.1) is 6.61 Å². The molecule has 1 unspecified atom stereocenters. The molecule has 3 aliphatic rings. The first-order chi connectivity index (χ1) is 32.8. The van der Waals surface area contributed by atoms with E-state index < -0.39 is 46.8 Å². The van der Waals surface area contributed by atoms with Crippen LogP contribution in [0.2, 0.25) is 0 Å². The number of aliphatic hydroxyl groups excluding tert-OH is 1. The van der Waals surface area contributed by atoms with Crippen LogP contribution in [0.5, 0.6) is 0 Å². The Hall–Kier alpha value is -5.42. The molecule has 4 aromatic rings. The number of aliphatic hydroxyl groups is 1. The van der Waals surface area contributed by atoms with Crippen molar-refractivity contribution in [2.75, 3.05) is 70.4 Å². The number of carbonyl (C=O) groups is 2. The highest BCUT2D eigenvalue weighted by molar-refractivity contribution is 7.46. The van der Waals surface area contributed by atoms with Gasteiger partial charge in [0.15, 0.2) is 23.2 Å². The fraction of sp³-hybridized carbons (Fsp3) is 0.409. The molecule has 370 valence electrons. The zero-order valence-electron chi connectivity index (χ0n) is 38.3. The molecule has 2 aromatic heterocycles. The van der Waals surface area contributed by atoms with Gasteiger partial charge in [-0.3, -0.25) is 23.2 Å². The summed E-state index contributed by atoms with van der Waals surface area (Å²) in [6.07, 6.45) is -2.01. The normalized spacial score (nSPS) is 18.1. The lowest BCUT2D eigenvalue weighted by Gasteiger charge is -2.23. The average Bonchev–Trinajstić information content (AvgIpc) is 3.81.